The summed E-state index contributed by atoms with van der Waals surface area (Å²) in [6, 6.07) is 5.71. The third-order valence-electron chi connectivity index (χ3n) is 3.80. The minimum atomic E-state index is 0.198. The molecule has 3 rings (SSSR count). The molecule has 2 aromatic heterocycles. The van der Waals surface area contributed by atoms with Gasteiger partial charge in [0.15, 0.2) is 0 Å². The molecular weight excluding hydrogens is 284 g/mol. The Labute approximate surface area is 127 Å². The van der Waals surface area contributed by atoms with Crippen LogP contribution < -0.4 is 11.1 Å². The molecule has 0 amide bonds. The first-order valence-electron chi connectivity index (χ1n) is 6.88. The maximum atomic E-state index is 9.87. The van der Waals surface area contributed by atoms with Crippen LogP contribution in [0.15, 0.2) is 17.5 Å². The number of piperidine rings is 1. The predicted octanol–water partition coefficient (Wildman–Crippen LogP) is 2.44. The number of nitrogens with two attached hydrogens (primary N) is 1. The van der Waals surface area contributed by atoms with E-state index in [-0.39, 0.29) is 17.5 Å². The minimum absolute atomic E-state index is 0.198. The summed E-state index contributed by atoms with van der Waals surface area (Å²) in [5.74, 6) is 0.701. The summed E-state index contributed by atoms with van der Waals surface area (Å²) in [6.07, 6.45) is 2.11. The van der Waals surface area contributed by atoms with Crippen molar-refractivity contribution >= 4 is 17.2 Å². The molecule has 2 aromatic rings. The Morgan fingerprint density at radius 3 is 3.00 bits per heavy atom. The van der Waals surface area contributed by atoms with Crippen LogP contribution in [-0.4, -0.2) is 23.2 Å². The molecule has 6 heteroatoms. The first kappa shape index (κ1) is 13.9. The van der Waals surface area contributed by atoms with E-state index < -0.39 is 0 Å². The third-order valence-corrected chi connectivity index (χ3v) is 4.73. The van der Waals surface area contributed by atoms with Gasteiger partial charge in [0.2, 0.25) is 0 Å². The van der Waals surface area contributed by atoms with Gasteiger partial charge >= 0.3 is 0 Å². The van der Waals surface area contributed by atoms with Crippen LogP contribution in [-0.2, 0) is 0 Å². The highest BCUT2D eigenvalue weighted by Crippen LogP contribution is 2.37. The molecule has 1 saturated heterocycles. The first-order valence-corrected chi connectivity index (χ1v) is 7.76. The zero-order chi connectivity index (χ0) is 14.8. The van der Waals surface area contributed by atoms with Crippen LogP contribution in [0.25, 0.3) is 10.6 Å². The summed E-state index contributed by atoms with van der Waals surface area (Å²) in [4.78, 5) is 4.98. The van der Waals surface area contributed by atoms with E-state index in [1.807, 2.05) is 11.4 Å². The number of rotatable bonds is 2. The third kappa shape index (κ3) is 2.58. The Hall–Kier alpha value is -2.10. The number of nitrogens with zero attached hydrogens (tertiary/aromatic N) is 2. The highest BCUT2D eigenvalue weighted by molar-refractivity contribution is 7.13. The van der Waals surface area contributed by atoms with Crippen LogP contribution in [0.2, 0.25) is 0 Å². The molecule has 0 radical (unpaired) electrons. The van der Waals surface area contributed by atoms with E-state index in [9.17, 15) is 10.4 Å². The van der Waals surface area contributed by atoms with Crippen molar-refractivity contribution in [3.8, 4) is 22.4 Å². The molecule has 3 heterocycles. The number of nitriles is 1. The maximum absolute atomic E-state index is 9.87. The highest BCUT2D eigenvalue weighted by Gasteiger charge is 2.22. The Bertz CT molecular complexity index is 698. The van der Waals surface area contributed by atoms with Gasteiger partial charge in [0, 0.05) is 6.54 Å². The van der Waals surface area contributed by atoms with Crippen molar-refractivity contribution in [2.45, 2.75) is 18.8 Å². The standard InChI is InChI=1S/C15H16N4OS/c16-7-11-10(9-2-1-4-18-8-9)6-12(19-15(11)17)14-13(20)3-5-21-14/h3,5-6,9,18,20H,1-2,4,8H2,(H2,17,19). The number of hydrogen-bond acceptors (Lipinski definition) is 6. The van der Waals surface area contributed by atoms with Crippen molar-refractivity contribution in [1.29, 1.82) is 5.26 Å². The van der Waals surface area contributed by atoms with Crippen molar-refractivity contribution in [3.05, 3.63) is 28.6 Å². The first-order chi connectivity index (χ1) is 10.2. The van der Waals surface area contributed by atoms with Gasteiger partial charge in [-0.3, -0.25) is 0 Å². The van der Waals surface area contributed by atoms with E-state index in [1.54, 1.807) is 6.07 Å². The van der Waals surface area contributed by atoms with Gasteiger partial charge in [0.25, 0.3) is 0 Å². The lowest BCUT2D eigenvalue weighted by molar-refractivity contribution is 0.461. The van der Waals surface area contributed by atoms with Crippen LogP contribution in [0.4, 0.5) is 5.82 Å². The second-order valence-electron chi connectivity index (χ2n) is 5.15. The predicted molar refractivity (Wildman–Crippen MR) is 83.2 cm³/mol. The van der Waals surface area contributed by atoms with Crippen molar-refractivity contribution in [2.75, 3.05) is 18.8 Å². The topological polar surface area (TPSA) is 95.0 Å². The maximum Gasteiger partial charge on any atom is 0.142 e. The quantitative estimate of drug-likeness (QED) is 0.791. The van der Waals surface area contributed by atoms with Gasteiger partial charge in [-0.05, 0) is 48.4 Å². The molecule has 0 aromatic carbocycles. The Morgan fingerprint density at radius 2 is 2.38 bits per heavy atom. The molecule has 0 bridgehead atoms. The second-order valence-corrected chi connectivity index (χ2v) is 6.06. The number of aromatic hydroxyl groups is 1. The molecule has 1 aliphatic rings. The molecule has 1 unspecified atom stereocenters. The van der Waals surface area contributed by atoms with Crippen LogP contribution in [0.3, 0.4) is 0 Å². The van der Waals surface area contributed by atoms with Crippen LogP contribution in [0.5, 0.6) is 5.75 Å². The average molecular weight is 300 g/mol. The fraction of sp³-hybridized carbons (Fsp3) is 0.333. The largest absolute Gasteiger partial charge is 0.506 e. The van der Waals surface area contributed by atoms with E-state index in [0.29, 0.717) is 16.1 Å². The lowest BCUT2D eigenvalue weighted by Crippen LogP contribution is -2.29. The summed E-state index contributed by atoms with van der Waals surface area (Å²) >= 11 is 1.41. The molecule has 5 nitrogen and oxygen atoms in total. The summed E-state index contributed by atoms with van der Waals surface area (Å²) in [5.41, 5.74) is 8.00. The Balaban J connectivity index is 2.11. The Kier molecular flexibility index (Phi) is 3.78. The molecule has 4 N–H and O–H groups in total. The number of aromatic nitrogens is 1. The highest BCUT2D eigenvalue weighted by atomic mass is 32.1. The smallest absolute Gasteiger partial charge is 0.142 e. The van der Waals surface area contributed by atoms with Crippen molar-refractivity contribution in [3.63, 3.8) is 0 Å². The summed E-state index contributed by atoms with van der Waals surface area (Å²) in [6.45, 7) is 1.85. The molecule has 1 fully saturated rings. The number of pyridine rings is 1. The van der Waals surface area contributed by atoms with E-state index >= 15 is 0 Å². The van der Waals surface area contributed by atoms with Crippen molar-refractivity contribution < 1.29 is 5.11 Å². The summed E-state index contributed by atoms with van der Waals surface area (Å²) in [7, 11) is 0. The van der Waals surface area contributed by atoms with Gasteiger partial charge in [-0.2, -0.15) is 5.26 Å². The minimum Gasteiger partial charge on any atom is -0.506 e. The van der Waals surface area contributed by atoms with Gasteiger partial charge < -0.3 is 16.2 Å². The zero-order valence-electron chi connectivity index (χ0n) is 11.5. The monoisotopic (exact) mass is 300 g/mol. The van der Waals surface area contributed by atoms with E-state index in [2.05, 4.69) is 16.4 Å². The SMILES string of the molecule is N#Cc1c(C2CCCNC2)cc(-c2sccc2O)nc1N. The van der Waals surface area contributed by atoms with Crippen LogP contribution >= 0.6 is 11.3 Å². The molecule has 21 heavy (non-hydrogen) atoms. The number of anilines is 1. The normalized spacial score (nSPS) is 18.3. The fourth-order valence-corrected chi connectivity index (χ4v) is 3.50. The van der Waals surface area contributed by atoms with Crippen molar-refractivity contribution in [1.82, 2.24) is 10.3 Å². The van der Waals surface area contributed by atoms with Gasteiger partial charge in [0.05, 0.1) is 16.1 Å². The Morgan fingerprint density at radius 1 is 1.52 bits per heavy atom. The molecule has 108 valence electrons. The van der Waals surface area contributed by atoms with Crippen molar-refractivity contribution in [2.24, 2.45) is 0 Å². The number of hydrogen-bond donors (Lipinski definition) is 3. The lowest BCUT2D eigenvalue weighted by Gasteiger charge is -2.24. The van der Waals surface area contributed by atoms with Crippen LogP contribution in [0.1, 0.15) is 29.9 Å². The average Bonchev–Trinajstić information content (AvgIpc) is 2.93. The number of thiophene rings is 1. The molecule has 1 atom stereocenters. The summed E-state index contributed by atoms with van der Waals surface area (Å²) < 4.78 is 0. The summed E-state index contributed by atoms with van der Waals surface area (Å²) in [5, 5.41) is 24.4. The molecule has 0 spiro atoms. The molecule has 0 aliphatic carbocycles. The van der Waals surface area contributed by atoms with Gasteiger partial charge in [-0.25, -0.2) is 4.98 Å². The van der Waals surface area contributed by atoms with E-state index in [1.165, 1.54) is 11.3 Å². The fourth-order valence-electron chi connectivity index (χ4n) is 2.76. The molecular formula is C15H16N4OS. The molecule has 0 saturated carbocycles. The van der Waals surface area contributed by atoms with Gasteiger partial charge in [0.1, 0.15) is 17.6 Å². The number of nitrogen functional groups attached to an aromatic ring is 1. The zero-order valence-corrected chi connectivity index (χ0v) is 12.3. The van der Waals surface area contributed by atoms with E-state index in [0.717, 1.165) is 31.5 Å². The second kappa shape index (κ2) is 5.72. The lowest BCUT2D eigenvalue weighted by atomic mass is 9.88. The van der Waals surface area contributed by atoms with E-state index in [4.69, 9.17) is 5.73 Å². The molecule has 1 aliphatic heterocycles. The van der Waals surface area contributed by atoms with Gasteiger partial charge in [-0.15, -0.1) is 11.3 Å². The number of nitrogens with one attached hydrogen (secondary N) is 1. The van der Waals surface area contributed by atoms with Gasteiger partial charge in [-0.1, -0.05) is 0 Å². The van der Waals surface area contributed by atoms with Crippen LogP contribution in [0, 0.1) is 11.3 Å².